The molecule has 26 heavy (non-hydrogen) atoms. The molecule has 0 aliphatic heterocycles. The molecule has 0 saturated carbocycles. The summed E-state index contributed by atoms with van der Waals surface area (Å²) in [5, 5.41) is 3.30. The summed E-state index contributed by atoms with van der Waals surface area (Å²) in [4.78, 5) is 12.4. The fourth-order valence-corrected chi connectivity index (χ4v) is 3.76. The molecule has 7 heteroatoms. The second-order valence-electron chi connectivity index (χ2n) is 6.53. The summed E-state index contributed by atoms with van der Waals surface area (Å²) in [6.45, 7) is 6.38. The summed E-state index contributed by atoms with van der Waals surface area (Å²) in [5.74, 6) is 0.106. The van der Waals surface area contributed by atoms with Crippen LogP contribution in [-0.2, 0) is 10.0 Å². The van der Waals surface area contributed by atoms with E-state index < -0.39 is 10.0 Å². The van der Waals surface area contributed by atoms with E-state index in [-0.39, 0.29) is 10.8 Å². The van der Waals surface area contributed by atoms with Gasteiger partial charge in [0.25, 0.3) is 15.9 Å². The number of benzene rings is 2. The van der Waals surface area contributed by atoms with Gasteiger partial charge in [0.05, 0.1) is 10.6 Å². The summed E-state index contributed by atoms with van der Waals surface area (Å²) < 4.78 is 26.9. The van der Waals surface area contributed by atoms with Crippen molar-refractivity contribution in [2.24, 2.45) is 5.92 Å². The van der Waals surface area contributed by atoms with Crippen molar-refractivity contribution in [3.8, 4) is 0 Å². The topological polar surface area (TPSA) is 66.5 Å². The van der Waals surface area contributed by atoms with E-state index in [0.717, 1.165) is 5.56 Å². The Morgan fingerprint density at radius 3 is 2.35 bits per heavy atom. The van der Waals surface area contributed by atoms with Crippen LogP contribution in [0.4, 0.5) is 5.69 Å². The van der Waals surface area contributed by atoms with Gasteiger partial charge in [0, 0.05) is 24.2 Å². The molecule has 0 heterocycles. The standard InChI is InChI=1S/C19H23ClN2O3S/c1-13(2)12-21-19(23)15-6-5-14(3)18(11-15)22(4)26(24,25)17-9-7-16(20)8-10-17/h5-11,13H,12H2,1-4H3,(H,21,23). The van der Waals surface area contributed by atoms with Crippen molar-refractivity contribution >= 4 is 33.2 Å². The van der Waals surface area contributed by atoms with E-state index in [9.17, 15) is 13.2 Å². The Balaban J connectivity index is 2.36. The lowest BCUT2D eigenvalue weighted by atomic mass is 10.1. The van der Waals surface area contributed by atoms with Crippen molar-refractivity contribution in [2.45, 2.75) is 25.7 Å². The van der Waals surface area contributed by atoms with Crippen molar-refractivity contribution in [1.29, 1.82) is 0 Å². The van der Waals surface area contributed by atoms with Gasteiger partial charge in [0.15, 0.2) is 0 Å². The molecule has 0 aromatic heterocycles. The Hall–Kier alpha value is -2.05. The second-order valence-corrected chi connectivity index (χ2v) is 8.94. The number of sulfonamides is 1. The summed E-state index contributed by atoms with van der Waals surface area (Å²) >= 11 is 5.84. The van der Waals surface area contributed by atoms with Crippen LogP contribution in [-0.4, -0.2) is 27.9 Å². The fraction of sp³-hybridized carbons (Fsp3) is 0.316. The van der Waals surface area contributed by atoms with Crippen LogP contribution in [0.3, 0.4) is 0 Å². The third-order valence-corrected chi connectivity index (χ3v) is 5.99. The van der Waals surface area contributed by atoms with Gasteiger partial charge in [-0.2, -0.15) is 0 Å². The molecule has 140 valence electrons. The number of carbonyl (C=O) groups excluding carboxylic acids is 1. The molecule has 0 unspecified atom stereocenters. The van der Waals surface area contributed by atoms with E-state index in [1.165, 1.54) is 35.6 Å². The first-order chi connectivity index (χ1) is 12.1. The number of nitrogens with one attached hydrogen (secondary N) is 1. The Morgan fingerprint density at radius 2 is 1.77 bits per heavy atom. The molecule has 2 aromatic rings. The number of anilines is 1. The maximum Gasteiger partial charge on any atom is 0.264 e. The third-order valence-electron chi connectivity index (χ3n) is 3.95. The van der Waals surface area contributed by atoms with Gasteiger partial charge in [0.2, 0.25) is 0 Å². The van der Waals surface area contributed by atoms with Crippen LogP contribution in [0.1, 0.15) is 29.8 Å². The van der Waals surface area contributed by atoms with Crippen LogP contribution in [0.25, 0.3) is 0 Å². The van der Waals surface area contributed by atoms with Crippen LogP contribution in [0.2, 0.25) is 5.02 Å². The van der Waals surface area contributed by atoms with Gasteiger partial charge in [-0.05, 0) is 54.8 Å². The molecule has 0 bridgehead atoms. The van der Waals surface area contributed by atoms with Gasteiger partial charge in [-0.3, -0.25) is 9.10 Å². The maximum absolute atomic E-state index is 12.9. The molecule has 0 radical (unpaired) electrons. The third kappa shape index (κ3) is 4.56. The smallest absolute Gasteiger partial charge is 0.264 e. The number of amides is 1. The maximum atomic E-state index is 12.9. The predicted molar refractivity (Wildman–Crippen MR) is 105 cm³/mol. The van der Waals surface area contributed by atoms with Crippen molar-refractivity contribution in [2.75, 3.05) is 17.9 Å². The van der Waals surface area contributed by atoms with Crippen LogP contribution in [0, 0.1) is 12.8 Å². The minimum Gasteiger partial charge on any atom is -0.352 e. The van der Waals surface area contributed by atoms with Crippen molar-refractivity contribution < 1.29 is 13.2 Å². The minimum absolute atomic E-state index is 0.137. The largest absolute Gasteiger partial charge is 0.352 e. The first kappa shape index (κ1) is 20.3. The van der Waals surface area contributed by atoms with Crippen molar-refractivity contribution in [1.82, 2.24) is 5.32 Å². The lowest BCUT2D eigenvalue weighted by Crippen LogP contribution is -2.29. The van der Waals surface area contributed by atoms with Crippen LogP contribution >= 0.6 is 11.6 Å². The van der Waals surface area contributed by atoms with Gasteiger partial charge in [-0.1, -0.05) is 31.5 Å². The molecule has 1 N–H and O–H groups in total. The number of halogens is 1. The Morgan fingerprint density at radius 1 is 1.15 bits per heavy atom. The molecule has 1 amide bonds. The number of nitrogens with zero attached hydrogens (tertiary/aromatic N) is 1. The van der Waals surface area contributed by atoms with Crippen LogP contribution < -0.4 is 9.62 Å². The van der Waals surface area contributed by atoms with Crippen LogP contribution in [0.5, 0.6) is 0 Å². The van der Waals surface area contributed by atoms with Gasteiger partial charge < -0.3 is 5.32 Å². The summed E-state index contributed by atoms with van der Waals surface area (Å²) in [6, 6.07) is 11.0. The molecule has 0 spiro atoms. The summed E-state index contributed by atoms with van der Waals surface area (Å²) in [6.07, 6.45) is 0. The van der Waals surface area contributed by atoms with Gasteiger partial charge in [0.1, 0.15) is 0 Å². The fourth-order valence-electron chi connectivity index (χ4n) is 2.38. The normalized spacial score (nSPS) is 11.5. The molecule has 2 rings (SSSR count). The molecular weight excluding hydrogens is 372 g/mol. The van der Waals surface area contributed by atoms with E-state index in [4.69, 9.17) is 11.6 Å². The quantitative estimate of drug-likeness (QED) is 0.808. The van der Waals surface area contributed by atoms with E-state index in [0.29, 0.717) is 28.7 Å². The first-order valence-electron chi connectivity index (χ1n) is 8.26. The van der Waals surface area contributed by atoms with Crippen molar-refractivity contribution in [3.05, 3.63) is 58.6 Å². The molecule has 0 fully saturated rings. The van der Waals surface area contributed by atoms with E-state index in [2.05, 4.69) is 5.32 Å². The van der Waals surface area contributed by atoms with Gasteiger partial charge in [-0.25, -0.2) is 8.42 Å². The highest BCUT2D eigenvalue weighted by molar-refractivity contribution is 7.92. The monoisotopic (exact) mass is 394 g/mol. The number of hydrogen-bond donors (Lipinski definition) is 1. The average molecular weight is 395 g/mol. The lowest BCUT2D eigenvalue weighted by Gasteiger charge is -2.22. The number of carbonyl (C=O) groups is 1. The van der Waals surface area contributed by atoms with Gasteiger partial charge in [-0.15, -0.1) is 0 Å². The lowest BCUT2D eigenvalue weighted by molar-refractivity contribution is 0.0949. The van der Waals surface area contributed by atoms with E-state index >= 15 is 0 Å². The van der Waals surface area contributed by atoms with Gasteiger partial charge >= 0.3 is 0 Å². The molecule has 2 aromatic carbocycles. The Kier molecular flexibility index (Phi) is 6.31. The highest BCUT2D eigenvalue weighted by atomic mass is 35.5. The zero-order chi connectivity index (χ0) is 19.5. The molecule has 0 aliphatic rings. The molecule has 5 nitrogen and oxygen atoms in total. The number of rotatable bonds is 6. The highest BCUT2D eigenvalue weighted by Gasteiger charge is 2.23. The molecule has 0 saturated heterocycles. The first-order valence-corrected chi connectivity index (χ1v) is 10.1. The summed E-state index contributed by atoms with van der Waals surface area (Å²) in [7, 11) is -2.28. The van der Waals surface area contributed by atoms with E-state index in [1.54, 1.807) is 25.1 Å². The van der Waals surface area contributed by atoms with Crippen LogP contribution in [0.15, 0.2) is 47.4 Å². The average Bonchev–Trinajstić information content (AvgIpc) is 2.59. The minimum atomic E-state index is -3.76. The zero-order valence-corrected chi connectivity index (χ0v) is 16.9. The summed E-state index contributed by atoms with van der Waals surface area (Å²) in [5.41, 5.74) is 1.63. The van der Waals surface area contributed by atoms with E-state index in [1.807, 2.05) is 13.8 Å². The Labute approximate surface area is 160 Å². The second kappa shape index (κ2) is 8.10. The predicted octanol–water partition coefficient (Wildman–Crippen LogP) is 3.86. The molecule has 0 aliphatic carbocycles. The number of hydrogen-bond acceptors (Lipinski definition) is 3. The Bertz CT molecular complexity index is 894. The molecular formula is C19H23ClN2O3S. The highest BCUT2D eigenvalue weighted by Crippen LogP contribution is 2.27. The zero-order valence-electron chi connectivity index (χ0n) is 15.3. The number of aryl methyl sites for hydroxylation is 1. The SMILES string of the molecule is Cc1ccc(C(=O)NCC(C)C)cc1N(C)S(=O)(=O)c1ccc(Cl)cc1. The van der Waals surface area contributed by atoms with Crippen molar-refractivity contribution in [3.63, 3.8) is 0 Å². The molecule has 0 atom stereocenters.